The Bertz CT molecular complexity index is 756. The lowest BCUT2D eigenvalue weighted by atomic mass is 9.55. The van der Waals surface area contributed by atoms with Crippen LogP contribution in [0.2, 0.25) is 19.6 Å². The first kappa shape index (κ1) is 19.0. The standard InChI is InChI=1S/C22H33NO3Si/c1-22-11-10-17-16-9-7-15(26-27(3,4)5)12-14(16)6-8-18(17)21(22)19(24)13-20(22)23-25-2/h7,9,12,17-19,21,24H,6,8,10-11,13H2,1-5H3/b23-20+/t17-,18-,19-,21-,22-/m1/s1. The van der Waals surface area contributed by atoms with Gasteiger partial charge in [0, 0.05) is 11.8 Å². The molecule has 4 rings (SSSR count). The second-order valence-corrected chi connectivity index (χ2v) is 14.3. The zero-order chi connectivity index (χ0) is 19.4. The van der Waals surface area contributed by atoms with Crippen molar-refractivity contribution in [2.45, 2.75) is 70.7 Å². The highest BCUT2D eigenvalue weighted by Crippen LogP contribution is 2.60. The van der Waals surface area contributed by atoms with Crippen molar-refractivity contribution in [3.8, 4) is 5.75 Å². The summed E-state index contributed by atoms with van der Waals surface area (Å²) in [5.41, 5.74) is 3.98. The van der Waals surface area contributed by atoms with Gasteiger partial charge in [0.25, 0.3) is 0 Å². The summed E-state index contributed by atoms with van der Waals surface area (Å²) in [4.78, 5) is 5.10. The molecule has 0 heterocycles. The molecule has 27 heavy (non-hydrogen) atoms. The molecule has 5 heteroatoms. The molecule has 2 saturated carbocycles. The van der Waals surface area contributed by atoms with E-state index in [9.17, 15) is 5.11 Å². The van der Waals surface area contributed by atoms with Crippen LogP contribution >= 0.6 is 0 Å². The van der Waals surface area contributed by atoms with Crippen LogP contribution in [0, 0.1) is 17.3 Å². The van der Waals surface area contributed by atoms with Gasteiger partial charge in [0.2, 0.25) is 8.32 Å². The topological polar surface area (TPSA) is 51.0 Å². The summed E-state index contributed by atoms with van der Waals surface area (Å²) in [7, 11) is 0.0215. The number of nitrogens with zero attached hydrogens (tertiary/aromatic N) is 1. The molecule has 0 unspecified atom stereocenters. The zero-order valence-electron chi connectivity index (χ0n) is 17.3. The summed E-state index contributed by atoms with van der Waals surface area (Å²) in [6, 6.07) is 6.74. The number of oxime groups is 1. The molecule has 5 atom stereocenters. The minimum absolute atomic E-state index is 0.0189. The molecule has 0 bridgehead atoms. The number of aryl methyl sites for hydroxylation is 1. The first-order chi connectivity index (χ1) is 12.7. The number of fused-ring (bicyclic) bond motifs is 5. The number of rotatable bonds is 3. The Morgan fingerprint density at radius 3 is 2.70 bits per heavy atom. The van der Waals surface area contributed by atoms with Gasteiger partial charge in [0.15, 0.2) is 0 Å². The molecule has 148 valence electrons. The van der Waals surface area contributed by atoms with Crippen molar-refractivity contribution in [2.24, 2.45) is 22.4 Å². The first-order valence-electron chi connectivity index (χ1n) is 10.3. The van der Waals surface area contributed by atoms with Gasteiger partial charge in [0.05, 0.1) is 11.8 Å². The summed E-state index contributed by atoms with van der Waals surface area (Å²) in [6.07, 6.45) is 4.82. The maximum absolute atomic E-state index is 10.9. The lowest BCUT2D eigenvalue weighted by Gasteiger charge is -2.49. The van der Waals surface area contributed by atoms with E-state index in [0.29, 0.717) is 18.3 Å². The van der Waals surface area contributed by atoms with E-state index in [-0.39, 0.29) is 17.4 Å². The third kappa shape index (κ3) is 3.23. The van der Waals surface area contributed by atoms with E-state index in [1.54, 1.807) is 7.11 Å². The maximum Gasteiger partial charge on any atom is 0.242 e. The molecule has 0 radical (unpaired) electrons. The molecule has 0 aliphatic heterocycles. The van der Waals surface area contributed by atoms with Crippen LogP contribution in [0.25, 0.3) is 0 Å². The molecular weight excluding hydrogens is 354 g/mol. The van der Waals surface area contributed by atoms with E-state index in [1.165, 1.54) is 11.1 Å². The molecule has 4 nitrogen and oxygen atoms in total. The van der Waals surface area contributed by atoms with E-state index in [2.05, 4.69) is 49.9 Å². The van der Waals surface area contributed by atoms with Crippen LogP contribution in [0.1, 0.15) is 49.7 Å². The second-order valence-electron chi connectivity index (χ2n) is 9.86. The SMILES string of the molecule is CO/N=C1\C[C@@H](O)[C@H]2[C@@H]3CCc4cc(O[Si](C)(C)C)ccc4[C@H]3CC[C@]12C. The van der Waals surface area contributed by atoms with Crippen molar-refractivity contribution in [2.75, 3.05) is 7.11 Å². The van der Waals surface area contributed by atoms with Crippen LogP contribution < -0.4 is 4.43 Å². The average molecular weight is 388 g/mol. The van der Waals surface area contributed by atoms with Gasteiger partial charge >= 0.3 is 0 Å². The lowest BCUT2D eigenvalue weighted by molar-refractivity contribution is 0.00215. The molecule has 2 fully saturated rings. The highest BCUT2D eigenvalue weighted by Gasteiger charge is 2.57. The summed E-state index contributed by atoms with van der Waals surface area (Å²) >= 11 is 0. The smallest absolute Gasteiger partial charge is 0.242 e. The minimum Gasteiger partial charge on any atom is -0.544 e. The quantitative estimate of drug-likeness (QED) is 0.602. The van der Waals surface area contributed by atoms with E-state index in [4.69, 9.17) is 9.26 Å². The largest absolute Gasteiger partial charge is 0.544 e. The Hall–Kier alpha value is -1.33. The van der Waals surface area contributed by atoms with Crippen molar-refractivity contribution in [3.63, 3.8) is 0 Å². The molecule has 1 N–H and O–H groups in total. The Morgan fingerprint density at radius 2 is 2.00 bits per heavy atom. The van der Waals surface area contributed by atoms with Crippen molar-refractivity contribution in [1.82, 2.24) is 0 Å². The molecule has 3 aliphatic carbocycles. The van der Waals surface area contributed by atoms with Gasteiger partial charge in [-0.25, -0.2) is 0 Å². The number of hydrogen-bond donors (Lipinski definition) is 1. The third-order valence-corrected chi connectivity index (χ3v) is 7.90. The number of benzene rings is 1. The minimum atomic E-state index is -1.59. The summed E-state index contributed by atoms with van der Waals surface area (Å²) in [5.74, 6) is 2.39. The van der Waals surface area contributed by atoms with Gasteiger partial charge in [-0.15, -0.1) is 0 Å². The highest BCUT2D eigenvalue weighted by molar-refractivity contribution is 6.70. The van der Waals surface area contributed by atoms with Crippen molar-refractivity contribution in [1.29, 1.82) is 0 Å². The summed E-state index contributed by atoms with van der Waals surface area (Å²) < 4.78 is 6.22. The average Bonchev–Trinajstić information content (AvgIpc) is 2.84. The Morgan fingerprint density at radius 1 is 1.22 bits per heavy atom. The van der Waals surface area contributed by atoms with Gasteiger partial charge < -0.3 is 14.4 Å². The van der Waals surface area contributed by atoms with E-state index in [1.807, 2.05) is 0 Å². The monoisotopic (exact) mass is 387 g/mol. The molecule has 0 spiro atoms. The number of aliphatic hydroxyl groups is 1. The highest BCUT2D eigenvalue weighted by atomic mass is 28.4. The molecular formula is C22H33NO3Si. The Labute approximate surface area is 164 Å². The van der Waals surface area contributed by atoms with Gasteiger partial charge in [0.1, 0.15) is 12.9 Å². The fourth-order valence-electron chi connectivity index (χ4n) is 6.08. The van der Waals surface area contributed by atoms with Crippen LogP contribution in [0.5, 0.6) is 5.75 Å². The maximum atomic E-state index is 10.9. The third-order valence-electron chi connectivity index (χ3n) is 7.05. The van der Waals surface area contributed by atoms with Crippen LogP contribution in [0.3, 0.4) is 0 Å². The Kier molecular flexibility index (Phi) is 4.66. The van der Waals surface area contributed by atoms with E-state index >= 15 is 0 Å². The van der Waals surface area contributed by atoms with Gasteiger partial charge in [-0.05, 0) is 86.3 Å². The summed E-state index contributed by atoms with van der Waals surface area (Å²) in [5, 5.41) is 15.2. The van der Waals surface area contributed by atoms with Crippen LogP contribution in [-0.2, 0) is 11.3 Å². The van der Waals surface area contributed by atoms with E-state index in [0.717, 1.165) is 37.1 Å². The normalized spacial score (nSPS) is 36.7. The molecule has 1 aromatic rings. The van der Waals surface area contributed by atoms with Gasteiger partial charge in [-0.2, -0.15) is 0 Å². The van der Waals surface area contributed by atoms with Crippen LogP contribution in [-0.4, -0.2) is 32.3 Å². The van der Waals surface area contributed by atoms with Crippen molar-refractivity contribution in [3.05, 3.63) is 29.3 Å². The van der Waals surface area contributed by atoms with Crippen molar-refractivity contribution < 1.29 is 14.4 Å². The van der Waals surface area contributed by atoms with Gasteiger partial charge in [-0.1, -0.05) is 18.1 Å². The fourth-order valence-corrected chi connectivity index (χ4v) is 6.92. The van der Waals surface area contributed by atoms with Crippen LogP contribution in [0.4, 0.5) is 0 Å². The number of aliphatic hydroxyl groups excluding tert-OH is 1. The van der Waals surface area contributed by atoms with E-state index < -0.39 is 8.32 Å². The molecule has 0 aromatic heterocycles. The number of hydrogen-bond acceptors (Lipinski definition) is 4. The van der Waals surface area contributed by atoms with Crippen LogP contribution in [0.15, 0.2) is 23.4 Å². The molecule has 3 aliphatic rings. The van der Waals surface area contributed by atoms with Gasteiger partial charge in [-0.3, -0.25) is 0 Å². The fraction of sp³-hybridized carbons (Fsp3) is 0.682. The first-order valence-corrected chi connectivity index (χ1v) is 13.7. The lowest BCUT2D eigenvalue weighted by Crippen LogP contribution is -2.45. The predicted molar refractivity (Wildman–Crippen MR) is 111 cm³/mol. The molecule has 1 aromatic carbocycles. The van der Waals surface area contributed by atoms with Crippen molar-refractivity contribution >= 4 is 14.0 Å². The predicted octanol–water partition coefficient (Wildman–Crippen LogP) is 4.73. The molecule has 0 saturated heterocycles. The zero-order valence-corrected chi connectivity index (χ0v) is 18.3. The molecule has 0 amide bonds. The second kappa shape index (κ2) is 6.63. The Balaban J connectivity index is 1.64. The summed E-state index contributed by atoms with van der Waals surface area (Å²) in [6.45, 7) is 8.98.